The molecule has 2 aromatic carbocycles. The van der Waals surface area contributed by atoms with Crippen LogP contribution >= 0.6 is 23.8 Å². The molecule has 0 bridgehead atoms. The Balaban J connectivity index is 2.26. The Morgan fingerprint density at radius 3 is 1.80 bits per heavy atom. The topological polar surface area (TPSA) is 76.0 Å². The monoisotopic (exact) mass is 638 g/mol. The molecular formula is C33H52BrO5P. The van der Waals surface area contributed by atoms with E-state index in [1.165, 1.54) is 63.4 Å². The van der Waals surface area contributed by atoms with Gasteiger partial charge in [-0.1, -0.05) is 128 Å². The van der Waals surface area contributed by atoms with Gasteiger partial charge in [0.05, 0.1) is 6.61 Å². The van der Waals surface area contributed by atoms with E-state index in [2.05, 4.69) is 76.5 Å². The summed E-state index contributed by atoms with van der Waals surface area (Å²) in [6, 6.07) is 9.67. The molecule has 0 heterocycles. The molecule has 0 fully saturated rings. The van der Waals surface area contributed by atoms with Crippen LogP contribution in [-0.4, -0.2) is 16.4 Å². The maximum absolute atomic E-state index is 11.4. The number of phosphoric ester groups is 1. The number of rotatable bonds is 16. The molecule has 0 saturated heterocycles. The molecule has 2 aromatic rings. The van der Waals surface area contributed by atoms with Crippen LogP contribution in [0.25, 0.3) is 11.1 Å². The number of unbranched alkanes of at least 4 members (excludes halogenated alkanes) is 9. The SMILES string of the molecule is CCCCCCCCCCCCOc1cc(C(C)(C)C)c(-c2ccc(OP(=O)(O)O)cc2CBr)cc1C(C)(C)C. The molecule has 0 atom stereocenters. The molecule has 7 heteroatoms. The van der Waals surface area contributed by atoms with Crippen molar-refractivity contribution in [2.24, 2.45) is 0 Å². The van der Waals surface area contributed by atoms with Crippen LogP contribution in [0.4, 0.5) is 0 Å². The molecule has 226 valence electrons. The zero-order valence-electron chi connectivity index (χ0n) is 25.8. The first-order chi connectivity index (χ1) is 18.7. The highest BCUT2D eigenvalue weighted by molar-refractivity contribution is 9.08. The minimum Gasteiger partial charge on any atom is -0.493 e. The minimum absolute atomic E-state index is 0.129. The smallest absolute Gasteiger partial charge is 0.493 e. The standard InChI is InChI=1S/C33H52BrO5P/c1-8-9-10-11-12-13-14-15-16-17-20-38-31-23-29(32(2,3)4)28(22-30(31)33(5,6)7)27-19-18-26(21-25(27)24-34)39-40(35,36)37/h18-19,21-23H,8-17,20,24H2,1-7H3,(H2,35,36,37). The Hall–Kier alpha value is -1.33. The molecule has 0 aromatic heterocycles. The van der Waals surface area contributed by atoms with Crippen molar-refractivity contribution in [2.75, 3.05) is 6.61 Å². The molecule has 2 N–H and O–H groups in total. The second-order valence-corrected chi connectivity index (χ2v) is 14.7. The second kappa shape index (κ2) is 15.8. The van der Waals surface area contributed by atoms with Crippen molar-refractivity contribution in [1.29, 1.82) is 0 Å². The van der Waals surface area contributed by atoms with Gasteiger partial charge in [-0.2, -0.15) is 0 Å². The average molecular weight is 640 g/mol. The lowest BCUT2D eigenvalue weighted by molar-refractivity contribution is 0.283. The summed E-state index contributed by atoms with van der Waals surface area (Å²) in [7, 11) is -4.64. The van der Waals surface area contributed by atoms with Gasteiger partial charge in [-0.25, -0.2) is 4.57 Å². The molecule has 0 aliphatic carbocycles. The number of benzene rings is 2. The minimum atomic E-state index is -4.64. The van der Waals surface area contributed by atoms with Crippen molar-refractivity contribution in [2.45, 2.75) is 129 Å². The lowest BCUT2D eigenvalue weighted by Gasteiger charge is -2.30. The van der Waals surface area contributed by atoms with Gasteiger partial charge in [-0.3, -0.25) is 9.79 Å². The summed E-state index contributed by atoms with van der Waals surface area (Å²) >= 11 is 3.57. The Morgan fingerprint density at radius 1 is 0.750 bits per heavy atom. The van der Waals surface area contributed by atoms with Gasteiger partial charge < -0.3 is 9.26 Å². The fourth-order valence-corrected chi connectivity index (χ4v) is 5.89. The van der Waals surface area contributed by atoms with Crippen molar-refractivity contribution in [3.63, 3.8) is 0 Å². The quantitative estimate of drug-likeness (QED) is 0.109. The van der Waals surface area contributed by atoms with E-state index < -0.39 is 7.82 Å². The Morgan fingerprint density at radius 2 is 1.30 bits per heavy atom. The van der Waals surface area contributed by atoms with Gasteiger partial charge in [0.1, 0.15) is 11.5 Å². The zero-order valence-corrected chi connectivity index (χ0v) is 28.3. The average Bonchev–Trinajstić information content (AvgIpc) is 2.84. The van der Waals surface area contributed by atoms with E-state index in [-0.39, 0.29) is 16.6 Å². The number of hydrogen-bond acceptors (Lipinski definition) is 3. The molecular weight excluding hydrogens is 587 g/mol. The van der Waals surface area contributed by atoms with Crippen LogP contribution < -0.4 is 9.26 Å². The second-order valence-electron chi connectivity index (χ2n) is 13.0. The summed E-state index contributed by atoms with van der Waals surface area (Å²) in [5.74, 6) is 1.09. The Labute approximate surface area is 251 Å². The Kier molecular flexibility index (Phi) is 13.7. The number of ether oxygens (including phenoxy) is 1. The molecule has 0 amide bonds. The Bertz CT molecular complexity index is 1110. The summed E-state index contributed by atoms with van der Waals surface area (Å²) in [5, 5.41) is 0.520. The third-order valence-electron chi connectivity index (χ3n) is 7.23. The van der Waals surface area contributed by atoms with Crippen LogP contribution in [-0.2, 0) is 20.7 Å². The fraction of sp³-hybridized carbons (Fsp3) is 0.636. The van der Waals surface area contributed by atoms with Crippen molar-refractivity contribution in [1.82, 2.24) is 0 Å². The third kappa shape index (κ3) is 11.5. The number of phosphoric acid groups is 1. The lowest BCUT2D eigenvalue weighted by Crippen LogP contribution is -2.19. The number of alkyl halides is 1. The van der Waals surface area contributed by atoms with Crippen molar-refractivity contribution in [3.05, 3.63) is 47.0 Å². The van der Waals surface area contributed by atoms with Crippen LogP contribution in [0, 0.1) is 0 Å². The van der Waals surface area contributed by atoms with Crippen molar-refractivity contribution >= 4 is 23.8 Å². The van der Waals surface area contributed by atoms with Gasteiger partial charge in [0.2, 0.25) is 0 Å². The van der Waals surface area contributed by atoms with E-state index in [1.807, 2.05) is 6.07 Å². The first-order valence-corrected chi connectivity index (χ1v) is 17.6. The molecule has 0 radical (unpaired) electrons. The van der Waals surface area contributed by atoms with Crippen LogP contribution in [0.15, 0.2) is 30.3 Å². The van der Waals surface area contributed by atoms with E-state index in [4.69, 9.17) is 9.26 Å². The van der Waals surface area contributed by atoms with Crippen LogP contribution in [0.2, 0.25) is 0 Å². The van der Waals surface area contributed by atoms with E-state index in [1.54, 1.807) is 12.1 Å². The summed E-state index contributed by atoms with van der Waals surface area (Å²) in [5.41, 5.74) is 5.05. The maximum atomic E-state index is 11.4. The molecule has 2 rings (SSSR count). The van der Waals surface area contributed by atoms with Gasteiger partial charge in [0.25, 0.3) is 0 Å². The van der Waals surface area contributed by atoms with E-state index in [0.717, 1.165) is 34.4 Å². The fourth-order valence-electron chi connectivity index (χ4n) is 5.04. The molecule has 0 aliphatic heterocycles. The van der Waals surface area contributed by atoms with Gasteiger partial charge >= 0.3 is 7.82 Å². The van der Waals surface area contributed by atoms with Crippen molar-refractivity contribution in [3.8, 4) is 22.6 Å². The van der Waals surface area contributed by atoms with Crippen LogP contribution in [0.3, 0.4) is 0 Å². The zero-order chi connectivity index (χ0) is 30.0. The lowest BCUT2D eigenvalue weighted by atomic mass is 9.76. The normalized spacial score (nSPS) is 12.6. The highest BCUT2D eigenvalue weighted by Crippen LogP contribution is 2.45. The highest BCUT2D eigenvalue weighted by Gasteiger charge is 2.27. The maximum Gasteiger partial charge on any atom is 0.524 e. The molecule has 0 saturated carbocycles. The predicted octanol–water partition coefficient (Wildman–Crippen LogP) is 10.6. The summed E-state index contributed by atoms with van der Waals surface area (Å²) in [6.45, 7) is 16.2. The molecule has 0 aliphatic rings. The third-order valence-corrected chi connectivity index (χ3v) is 8.28. The summed E-state index contributed by atoms with van der Waals surface area (Å²) in [6.07, 6.45) is 13.0. The largest absolute Gasteiger partial charge is 0.524 e. The highest BCUT2D eigenvalue weighted by atomic mass is 79.9. The van der Waals surface area contributed by atoms with Crippen LogP contribution in [0.5, 0.6) is 11.5 Å². The predicted molar refractivity (Wildman–Crippen MR) is 172 cm³/mol. The van der Waals surface area contributed by atoms with Crippen LogP contribution in [0.1, 0.15) is 129 Å². The van der Waals surface area contributed by atoms with E-state index >= 15 is 0 Å². The number of halogens is 1. The molecule has 0 spiro atoms. The first kappa shape index (κ1) is 34.9. The summed E-state index contributed by atoms with van der Waals surface area (Å²) < 4.78 is 22.7. The molecule has 0 unspecified atom stereocenters. The van der Waals surface area contributed by atoms with Gasteiger partial charge in [0.15, 0.2) is 0 Å². The number of hydrogen-bond donors (Lipinski definition) is 2. The summed E-state index contributed by atoms with van der Waals surface area (Å²) in [4.78, 5) is 18.5. The van der Waals surface area contributed by atoms with Crippen molar-refractivity contribution < 1.29 is 23.6 Å². The first-order valence-electron chi connectivity index (χ1n) is 14.9. The van der Waals surface area contributed by atoms with Gasteiger partial charge in [0, 0.05) is 10.9 Å². The van der Waals surface area contributed by atoms with Gasteiger partial charge in [-0.15, -0.1) is 0 Å². The molecule has 5 nitrogen and oxygen atoms in total. The molecule has 40 heavy (non-hydrogen) atoms. The van der Waals surface area contributed by atoms with E-state index in [9.17, 15) is 14.4 Å². The van der Waals surface area contributed by atoms with E-state index in [0.29, 0.717) is 11.9 Å². The van der Waals surface area contributed by atoms with Gasteiger partial charge in [-0.05, 0) is 63.8 Å².